The van der Waals surface area contributed by atoms with Crippen LogP contribution in [-0.4, -0.2) is 23.4 Å². The molecule has 0 radical (unpaired) electrons. The number of amides is 2. The lowest BCUT2D eigenvalue weighted by molar-refractivity contribution is -0.115. The van der Waals surface area contributed by atoms with E-state index in [0.717, 1.165) is 10.9 Å². The Bertz CT molecular complexity index is 1390. The lowest BCUT2D eigenvalue weighted by atomic mass is 10.0. The Morgan fingerprint density at radius 3 is 2.55 bits per heavy atom. The van der Waals surface area contributed by atoms with Crippen LogP contribution in [0.5, 0.6) is 0 Å². The van der Waals surface area contributed by atoms with Crippen LogP contribution in [0.1, 0.15) is 11.3 Å². The Morgan fingerprint density at radius 1 is 1.21 bits per heavy atom. The molecule has 33 heavy (non-hydrogen) atoms. The quantitative estimate of drug-likeness (QED) is 0.366. The van der Waals surface area contributed by atoms with Gasteiger partial charge in [-0.05, 0) is 55.5 Å². The number of fused-ring (bicyclic) bond motifs is 1. The highest BCUT2D eigenvalue weighted by Gasteiger charge is 2.29. The van der Waals surface area contributed by atoms with Crippen LogP contribution in [0, 0.1) is 12.3 Å². The molecule has 9 nitrogen and oxygen atoms in total. The first-order chi connectivity index (χ1) is 15.8. The number of carbonyl (C=O) groups excluding carboxylic acids is 2. The molecule has 1 aromatic heterocycles. The molecule has 0 unspecified atom stereocenters. The van der Waals surface area contributed by atoms with Crippen molar-refractivity contribution >= 4 is 63.0 Å². The number of aryl methyl sites for hydroxylation is 1. The van der Waals surface area contributed by atoms with Crippen molar-refractivity contribution in [1.29, 1.82) is 5.41 Å². The second kappa shape index (κ2) is 8.64. The first-order valence-corrected chi connectivity index (χ1v) is 10.1. The number of hydrogen-bond acceptors (Lipinski definition) is 7. The van der Waals surface area contributed by atoms with Crippen LogP contribution in [0.4, 0.5) is 11.4 Å². The van der Waals surface area contributed by atoms with Crippen molar-refractivity contribution in [2.45, 2.75) is 6.92 Å². The van der Waals surface area contributed by atoms with Crippen molar-refractivity contribution < 1.29 is 14.0 Å². The van der Waals surface area contributed by atoms with E-state index < -0.39 is 5.91 Å². The first-order valence-electron chi connectivity index (χ1n) is 9.75. The van der Waals surface area contributed by atoms with E-state index in [1.807, 2.05) is 6.92 Å². The van der Waals surface area contributed by atoms with E-state index in [2.05, 4.69) is 27.7 Å². The van der Waals surface area contributed by atoms with Gasteiger partial charge in [0.05, 0.1) is 11.3 Å². The number of amidine groups is 1. The van der Waals surface area contributed by atoms with Gasteiger partial charge in [-0.1, -0.05) is 18.2 Å². The summed E-state index contributed by atoms with van der Waals surface area (Å²) in [4.78, 5) is 23.7. The average molecular weight is 463 g/mol. The van der Waals surface area contributed by atoms with Crippen LogP contribution in [0.2, 0.25) is 5.02 Å². The van der Waals surface area contributed by atoms with Crippen molar-refractivity contribution in [2.75, 3.05) is 10.6 Å². The molecule has 0 bridgehead atoms. The van der Waals surface area contributed by atoms with Gasteiger partial charge in [0.1, 0.15) is 11.3 Å². The third-order valence-electron chi connectivity index (χ3n) is 4.99. The van der Waals surface area contributed by atoms with E-state index in [-0.39, 0.29) is 23.0 Å². The molecule has 10 heteroatoms. The maximum Gasteiger partial charge on any atom is 0.290 e. The van der Waals surface area contributed by atoms with Crippen molar-refractivity contribution in [1.82, 2.24) is 5.43 Å². The standard InChI is InChI=1S/C23H19ClN6O3/c1-3-17(31)27-13-5-7-14(8-6-13)28-20(18-19(25)23(32)30-29-22(18)26)21-11(2)15-10-12(24)4-9-16(15)33-21/h3-10,25,28H,1H2,2H3,(H2,26,29)(H,27,31)(H,30,32)/b20-18+,25-19?. The molecular weight excluding hydrogens is 444 g/mol. The van der Waals surface area contributed by atoms with Crippen LogP contribution in [0.15, 0.2) is 70.2 Å². The summed E-state index contributed by atoms with van der Waals surface area (Å²) < 4.78 is 6.08. The normalized spacial score (nSPS) is 15.0. The Hall–Kier alpha value is -4.37. The zero-order chi connectivity index (χ0) is 23.7. The summed E-state index contributed by atoms with van der Waals surface area (Å²) in [7, 11) is 0. The molecule has 1 aliphatic rings. The van der Waals surface area contributed by atoms with Gasteiger partial charge in [0.2, 0.25) is 5.91 Å². The zero-order valence-electron chi connectivity index (χ0n) is 17.5. The van der Waals surface area contributed by atoms with Gasteiger partial charge in [-0.3, -0.25) is 15.0 Å². The third-order valence-corrected chi connectivity index (χ3v) is 5.23. The highest BCUT2D eigenvalue weighted by molar-refractivity contribution is 6.53. The van der Waals surface area contributed by atoms with Crippen LogP contribution in [0.25, 0.3) is 16.7 Å². The number of hydrogen-bond donors (Lipinski definition) is 5. The fraction of sp³-hybridized carbons (Fsp3) is 0.0435. The largest absolute Gasteiger partial charge is 0.454 e. The van der Waals surface area contributed by atoms with Crippen LogP contribution >= 0.6 is 11.6 Å². The number of nitrogens with one attached hydrogen (secondary N) is 4. The number of benzene rings is 2. The third kappa shape index (κ3) is 4.21. The van der Waals surface area contributed by atoms with Gasteiger partial charge in [-0.25, -0.2) is 5.43 Å². The predicted octanol–water partition coefficient (Wildman–Crippen LogP) is 3.76. The molecule has 1 aliphatic heterocycles. The summed E-state index contributed by atoms with van der Waals surface area (Å²) >= 11 is 6.15. The summed E-state index contributed by atoms with van der Waals surface area (Å²) in [5.74, 6) is -0.697. The SMILES string of the molecule is C=CC(=O)Nc1ccc(N/C(=C2\C(=N)C(=O)NN=C2N)c2oc3ccc(Cl)cc3c2C)cc1. The molecule has 0 aliphatic carbocycles. The van der Waals surface area contributed by atoms with E-state index in [1.54, 1.807) is 42.5 Å². The molecular formula is C23H19ClN6O3. The number of halogens is 1. The molecule has 166 valence electrons. The Kier molecular flexibility index (Phi) is 5.72. The molecule has 2 amide bonds. The number of furan rings is 1. The fourth-order valence-electron chi connectivity index (χ4n) is 3.36. The molecule has 3 aromatic rings. The minimum absolute atomic E-state index is 0.0464. The van der Waals surface area contributed by atoms with Crippen LogP contribution in [0.3, 0.4) is 0 Å². The molecule has 0 saturated heterocycles. The first kappa shape index (κ1) is 21.8. The van der Waals surface area contributed by atoms with Crippen LogP contribution < -0.4 is 21.8 Å². The van der Waals surface area contributed by atoms with E-state index in [1.165, 1.54) is 6.08 Å². The number of carbonyl (C=O) groups is 2. The topological polar surface area (TPSA) is 146 Å². The molecule has 0 saturated carbocycles. The number of nitrogens with zero attached hydrogens (tertiary/aromatic N) is 1. The van der Waals surface area contributed by atoms with Crippen molar-refractivity contribution in [3.8, 4) is 0 Å². The summed E-state index contributed by atoms with van der Waals surface area (Å²) in [6, 6.07) is 12.0. The zero-order valence-corrected chi connectivity index (χ0v) is 18.2. The summed E-state index contributed by atoms with van der Waals surface area (Å²) in [5.41, 5.74) is 10.8. The highest BCUT2D eigenvalue weighted by Crippen LogP contribution is 2.34. The lowest BCUT2D eigenvalue weighted by Crippen LogP contribution is -2.40. The average Bonchev–Trinajstić information content (AvgIpc) is 3.12. The van der Waals surface area contributed by atoms with E-state index in [9.17, 15) is 9.59 Å². The minimum Gasteiger partial charge on any atom is -0.454 e. The van der Waals surface area contributed by atoms with Gasteiger partial charge in [0.25, 0.3) is 5.91 Å². The summed E-state index contributed by atoms with van der Waals surface area (Å²) in [6.45, 7) is 5.27. The molecule has 6 N–H and O–H groups in total. The lowest BCUT2D eigenvalue weighted by Gasteiger charge is -2.19. The van der Waals surface area contributed by atoms with Gasteiger partial charge in [0, 0.05) is 27.3 Å². The monoisotopic (exact) mass is 462 g/mol. The maximum atomic E-state index is 12.2. The van der Waals surface area contributed by atoms with Crippen molar-refractivity contribution in [3.63, 3.8) is 0 Å². The Morgan fingerprint density at radius 2 is 1.88 bits per heavy atom. The Balaban J connectivity index is 1.85. The molecule has 0 fully saturated rings. The minimum atomic E-state index is -0.696. The van der Waals surface area contributed by atoms with E-state index in [4.69, 9.17) is 27.2 Å². The van der Waals surface area contributed by atoms with Gasteiger partial charge in [0.15, 0.2) is 11.6 Å². The number of nitrogens with two attached hydrogens (primary N) is 1. The van der Waals surface area contributed by atoms with Gasteiger partial charge in [-0.2, -0.15) is 5.10 Å². The Labute approximate surface area is 193 Å². The van der Waals surface area contributed by atoms with Crippen molar-refractivity contribution in [2.24, 2.45) is 10.8 Å². The van der Waals surface area contributed by atoms with Crippen LogP contribution in [-0.2, 0) is 9.59 Å². The smallest absolute Gasteiger partial charge is 0.290 e. The second-order valence-electron chi connectivity index (χ2n) is 7.16. The van der Waals surface area contributed by atoms with Gasteiger partial charge >= 0.3 is 0 Å². The summed E-state index contributed by atoms with van der Waals surface area (Å²) in [6.07, 6.45) is 1.17. The molecule has 2 aromatic carbocycles. The highest BCUT2D eigenvalue weighted by atomic mass is 35.5. The molecule has 2 heterocycles. The number of rotatable bonds is 5. The maximum absolute atomic E-state index is 12.2. The summed E-state index contributed by atoms with van der Waals surface area (Å²) in [5, 5.41) is 19.3. The number of anilines is 2. The fourth-order valence-corrected chi connectivity index (χ4v) is 3.53. The van der Waals surface area contributed by atoms with Crippen molar-refractivity contribution in [3.05, 3.63) is 77.0 Å². The van der Waals surface area contributed by atoms with E-state index >= 15 is 0 Å². The van der Waals surface area contributed by atoms with Gasteiger partial charge < -0.3 is 20.8 Å². The molecule has 0 spiro atoms. The van der Waals surface area contributed by atoms with E-state index in [0.29, 0.717) is 33.4 Å². The predicted molar refractivity (Wildman–Crippen MR) is 129 cm³/mol. The van der Waals surface area contributed by atoms with Gasteiger partial charge in [-0.15, -0.1) is 0 Å². The second-order valence-corrected chi connectivity index (χ2v) is 7.59. The number of hydrazone groups is 1. The molecule has 0 atom stereocenters. The molecule has 4 rings (SSSR count).